The molecule has 11 heteroatoms. The van der Waals surface area contributed by atoms with E-state index in [1.807, 2.05) is 0 Å². The number of nitrogens with zero attached hydrogens (tertiary/aromatic N) is 2. The number of carboxylic acids is 2. The van der Waals surface area contributed by atoms with Gasteiger partial charge in [-0.25, -0.2) is 19.2 Å². The Morgan fingerprint density at radius 1 is 0.556 bits per heavy atom. The second-order valence-corrected chi connectivity index (χ2v) is 10.7. The Morgan fingerprint density at radius 3 is 1.24 bits per heavy atom. The van der Waals surface area contributed by atoms with Gasteiger partial charge in [0.2, 0.25) is 11.8 Å². The maximum atomic E-state index is 13.7. The van der Waals surface area contributed by atoms with E-state index in [0.717, 1.165) is 0 Å². The van der Waals surface area contributed by atoms with Gasteiger partial charge < -0.3 is 14.9 Å². The number of ether oxygens (including phenoxy) is 1. The average Bonchev–Trinajstić information content (AvgIpc) is 3.47. The van der Waals surface area contributed by atoms with Crippen molar-refractivity contribution in [2.45, 2.75) is 27.7 Å². The van der Waals surface area contributed by atoms with Gasteiger partial charge in [0.25, 0.3) is 0 Å². The number of aromatic carboxylic acids is 2. The van der Waals surface area contributed by atoms with Crippen LogP contribution in [0.5, 0.6) is 0 Å². The summed E-state index contributed by atoms with van der Waals surface area (Å²) in [6.07, 6.45) is 0. The Hall–Kier alpha value is -6.10. The molecule has 4 aromatic carbocycles. The highest BCUT2D eigenvalue weighted by Gasteiger charge is 2.32. The molecule has 0 radical (unpaired) electrons. The van der Waals surface area contributed by atoms with Crippen molar-refractivity contribution in [3.05, 3.63) is 94.0 Å². The van der Waals surface area contributed by atoms with Crippen LogP contribution in [0.25, 0.3) is 43.6 Å². The molecule has 2 N–H and O–H groups in total. The van der Waals surface area contributed by atoms with E-state index in [-0.39, 0.29) is 44.7 Å². The van der Waals surface area contributed by atoms with Gasteiger partial charge in [0, 0.05) is 35.4 Å². The molecule has 0 saturated heterocycles. The number of carbonyl (C=O) groups is 6. The fraction of sp³-hybridized carbons (Fsp3) is 0.118. The van der Waals surface area contributed by atoms with E-state index >= 15 is 0 Å². The van der Waals surface area contributed by atoms with E-state index in [9.17, 15) is 39.0 Å². The zero-order valence-electron chi connectivity index (χ0n) is 24.4. The molecule has 0 aliphatic heterocycles. The molecular weight excluding hydrogens is 580 g/mol. The Bertz CT molecular complexity index is 2210. The summed E-state index contributed by atoms with van der Waals surface area (Å²) in [6, 6.07) is 16.2. The molecule has 0 atom stereocenters. The molecule has 0 spiro atoms. The van der Waals surface area contributed by atoms with Crippen LogP contribution in [0.3, 0.4) is 0 Å². The van der Waals surface area contributed by atoms with Crippen molar-refractivity contribution >= 4 is 79.3 Å². The summed E-state index contributed by atoms with van der Waals surface area (Å²) in [6.45, 7) is 5.56. The monoisotopic (exact) mass is 604 g/mol. The number of esters is 2. The third kappa shape index (κ3) is 4.20. The van der Waals surface area contributed by atoms with Crippen molar-refractivity contribution in [1.82, 2.24) is 9.13 Å². The Kier molecular flexibility index (Phi) is 6.61. The van der Waals surface area contributed by atoms with E-state index < -0.39 is 46.1 Å². The van der Waals surface area contributed by atoms with Crippen molar-refractivity contribution in [1.29, 1.82) is 0 Å². The summed E-state index contributed by atoms with van der Waals surface area (Å²) in [7, 11) is 0. The molecule has 0 amide bonds. The lowest BCUT2D eigenvalue weighted by Crippen LogP contribution is -2.21. The Morgan fingerprint density at radius 2 is 0.911 bits per heavy atom. The average molecular weight is 605 g/mol. The van der Waals surface area contributed by atoms with Crippen LogP contribution in [0, 0.1) is 13.8 Å². The highest BCUT2D eigenvalue weighted by atomic mass is 16.6. The summed E-state index contributed by atoms with van der Waals surface area (Å²) in [5, 5.41) is 21.7. The van der Waals surface area contributed by atoms with Crippen molar-refractivity contribution in [3.63, 3.8) is 0 Å². The maximum Gasteiger partial charge on any atom is 0.347 e. The normalized spacial score (nSPS) is 11.4. The number of fused-ring (bicyclic) bond motifs is 6. The van der Waals surface area contributed by atoms with Gasteiger partial charge in [0.15, 0.2) is 0 Å². The predicted molar refractivity (Wildman–Crippen MR) is 165 cm³/mol. The number of para-hydroxylation sites is 2. The fourth-order valence-electron chi connectivity index (χ4n) is 6.34. The first kappa shape index (κ1) is 29.0. The summed E-state index contributed by atoms with van der Waals surface area (Å²) in [5.74, 6) is -6.34. The number of rotatable bonds is 4. The topological polar surface area (TPSA) is 162 Å². The zero-order valence-corrected chi connectivity index (χ0v) is 24.4. The van der Waals surface area contributed by atoms with Gasteiger partial charge in [0.05, 0.1) is 44.3 Å². The molecule has 6 rings (SSSR count). The number of benzene rings is 4. The van der Waals surface area contributed by atoms with Crippen LogP contribution in [0.4, 0.5) is 0 Å². The lowest BCUT2D eigenvalue weighted by Gasteiger charge is -2.14. The number of hydrogen-bond acceptors (Lipinski definition) is 7. The van der Waals surface area contributed by atoms with Gasteiger partial charge in [-0.2, -0.15) is 0 Å². The lowest BCUT2D eigenvalue weighted by molar-refractivity contribution is 0.0386. The van der Waals surface area contributed by atoms with Gasteiger partial charge in [-0.3, -0.25) is 18.7 Å². The van der Waals surface area contributed by atoms with Gasteiger partial charge in [-0.05, 0) is 49.2 Å². The van der Waals surface area contributed by atoms with Gasteiger partial charge in [-0.1, -0.05) is 36.4 Å². The van der Waals surface area contributed by atoms with E-state index in [2.05, 4.69) is 0 Å². The Balaban J connectivity index is 1.56. The highest BCUT2D eigenvalue weighted by molar-refractivity contribution is 6.26. The number of carboxylic acid groups (broad SMARTS) is 2. The van der Waals surface area contributed by atoms with Crippen LogP contribution < -0.4 is 0 Å². The first-order valence-electron chi connectivity index (χ1n) is 13.7. The molecule has 0 bridgehead atoms. The Labute approximate surface area is 253 Å². The molecule has 0 aliphatic rings. The smallest absolute Gasteiger partial charge is 0.347 e. The lowest BCUT2D eigenvalue weighted by atomic mass is 9.95. The van der Waals surface area contributed by atoms with E-state index in [4.69, 9.17) is 4.74 Å². The molecular formula is C34H24N2O9. The summed E-state index contributed by atoms with van der Waals surface area (Å²) < 4.78 is 7.94. The minimum Gasteiger partial charge on any atom is -0.478 e. The van der Waals surface area contributed by atoms with Crippen molar-refractivity contribution < 1.29 is 43.7 Å². The number of aryl methyl sites for hydroxylation is 2. The van der Waals surface area contributed by atoms with Crippen LogP contribution in [-0.4, -0.2) is 55.0 Å². The SMILES string of the molecule is CC(=O)n1c2ccccc2c2c(C(=O)O)c(C(=O)OC(=O)c3c(C)cc4c(c3C(=O)O)c3ccccc3n4C(C)=O)c(C)cc21. The minimum atomic E-state index is -1.49. The molecule has 45 heavy (non-hydrogen) atoms. The molecule has 0 saturated carbocycles. The highest BCUT2D eigenvalue weighted by Crippen LogP contribution is 2.37. The molecule has 224 valence electrons. The summed E-state index contributed by atoms with van der Waals surface area (Å²) >= 11 is 0. The van der Waals surface area contributed by atoms with Crippen molar-refractivity contribution in [2.75, 3.05) is 0 Å². The van der Waals surface area contributed by atoms with Crippen LogP contribution in [0.2, 0.25) is 0 Å². The van der Waals surface area contributed by atoms with E-state index in [1.165, 1.54) is 49.0 Å². The molecule has 6 aromatic rings. The molecule has 2 heterocycles. The second kappa shape index (κ2) is 10.3. The fourth-order valence-corrected chi connectivity index (χ4v) is 6.34. The molecule has 2 aromatic heterocycles. The van der Waals surface area contributed by atoms with Crippen molar-refractivity contribution in [3.8, 4) is 0 Å². The van der Waals surface area contributed by atoms with Gasteiger partial charge in [-0.15, -0.1) is 0 Å². The predicted octanol–water partition coefficient (Wildman–Crippen LogP) is 6.23. The number of hydrogen-bond donors (Lipinski definition) is 2. The van der Waals surface area contributed by atoms with Crippen LogP contribution in [0.1, 0.15) is 76.0 Å². The van der Waals surface area contributed by atoms with Crippen LogP contribution >= 0.6 is 0 Å². The first-order valence-corrected chi connectivity index (χ1v) is 13.7. The van der Waals surface area contributed by atoms with Gasteiger partial charge >= 0.3 is 23.9 Å². The summed E-state index contributed by atoms with van der Waals surface area (Å²) in [5.41, 5.74) is -0.126. The quantitative estimate of drug-likeness (QED) is 0.175. The third-order valence-electron chi connectivity index (χ3n) is 7.97. The van der Waals surface area contributed by atoms with E-state index in [1.54, 1.807) is 48.5 Å². The molecule has 0 aliphatic carbocycles. The molecule has 0 fully saturated rings. The second-order valence-electron chi connectivity index (χ2n) is 10.7. The zero-order chi connectivity index (χ0) is 32.5. The van der Waals surface area contributed by atoms with E-state index in [0.29, 0.717) is 21.8 Å². The van der Waals surface area contributed by atoms with Crippen LogP contribution in [-0.2, 0) is 4.74 Å². The maximum absolute atomic E-state index is 13.7. The minimum absolute atomic E-state index is 0.110. The number of aromatic nitrogens is 2. The number of carbonyl (C=O) groups excluding carboxylic acids is 4. The molecule has 11 nitrogen and oxygen atoms in total. The molecule has 0 unspecified atom stereocenters. The largest absolute Gasteiger partial charge is 0.478 e. The van der Waals surface area contributed by atoms with Crippen LogP contribution in [0.15, 0.2) is 60.7 Å². The van der Waals surface area contributed by atoms with Crippen molar-refractivity contribution in [2.24, 2.45) is 0 Å². The first-order chi connectivity index (χ1) is 21.3. The summed E-state index contributed by atoms with van der Waals surface area (Å²) in [4.78, 5) is 77.9. The third-order valence-corrected chi connectivity index (χ3v) is 7.97. The van der Waals surface area contributed by atoms with Gasteiger partial charge in [0.1, 0.15) is 0 Å². The standard InChI is InChI=1S/C34H24N2O9/c1-15-13-23-27(19-9-5-7-11-21(19)35(23)17(3)37)29(31(39)40)25(15)33(43)45-34(44)26-16(2)14-24-28(30(26)32(41)42)20-10-6-8-12-22(20)36(24)18(4)38/h5-14H,1-4H3,(H,39,40)(H,41,42).